The molecule has 0 bridgehead atoms. The molecule has 0 unspecified atom stereocenters. The zero-order valence-electron chi connectivity index (χ0n) is 17.2. The monoisotopic (exact) mass is 394 g/mol. The lowest BCUT2D eigenvalue weighted by atomic mass is 10.1. The highest BCUT2D eigenvalue weighted by Gasteiger charge is 2.25. The van der Waals surface area contributed by atoms with Crippen molar-refractivity contribution in [3.63, 3.8) is 0 Å². The molecule has 0 N–H and O–H groups in total. The highest BCUT2D eigenvalue weighted by molar-refractivity contribution is 5.64. The standard InChI is InChI=1S/C23H27FN4O/c1-26-13-12-19(16-26)27(2)14-18-15-28(22-7-5-4-6-21(22)24)25-23(18)17-8-10-20(29-3)11-9-17/h4-11,15,19H,12-14,16H2,1-3H3/t19-/m1/s1. The lowest BCUT2D eigenvalue weighted by Gasteiger charge is -2.24. The fourth-order valence-electron chi connectivity index (χ4n) is 3.95. The summed E-state index contributed by atoms with van der Waals surface area (Å²) in [6.07, 6.45) is 3.11. The van der Waals surface area contributed by atoms with Crippen molar-refractivity contribution in [1.82, 2.24) is 19.6 Å². The Labute approximate surface area is 171 Å². The van der Waals surface area contributed by atoms with E-state index in [0.717, 1.165) is 48.6 Å². The quantitative estimate of drug-likeness (QED) is 0.636. The van der Waals surface area contributed by atoms with Gasteiger partial charge in [0.2, 0.25) is 0 Å². The van der Waals surface area contributed by atoms with E-state index in [-0.39, 0.29) is 5.82 Å². The molecular formula is C23H27FN4O. The first-order valence-electron chi connectivity index (χ1n) is 9.92. The molecule has 2 heterocycles. The summed E-state index contributed by atoms with van der Waals surface area (Å²) in [4.78, 5) is 4.73. The Morgan fingerprint density at radius 3 is 2.59 bits per heavy atom. The third kappa shape index (κ3) is 4.18. The lowest BCUT2D eigenvalue weighted by molar-refractivity contribution is 0.234. The smallest absolute Gasteiger partial charge is 0.148 e. The molecule has 6 heteroatoms. The molecule has 1 aliphatic rings. The van der Waals surface area contributed by atoms with Gasteiger partial charge in [-0.15, -0.1) is 0 Å². The summed E-state index contributed by atoms with van der Waals surface area (Å²) in [7, 11) is 5.97. The average molecular weight is 394 g/mol. The van der Waals surface area contributed by atoms with E-state index in [2.05, 4.69) is 23.9 Å². The van der Waals surface area contributed by atoms with E-state index in [9.17, 15) is 4.39 Å². The SMILES string of the molecule is COc1ccc(-c2nn(-c3ccccc3F)cc2CN(C)[C@@H]2CCN(C)C2)cc1. The summed E-state index contributed by atoms with van der Waals surface area (Å²) in [6.45, 7) is 2.94. The molecule has 0 spiro atoms. The normalized spacial score (nSPS) is 17.2. The van der Waals surface area contributed by atoms with Gasteiger partial charge >= 0.3 is 0 Å². The Morgan fingerprint density at radius 1 is 1.17 bits per heavy atom. The van der Waals surface area contributed by atoms with Crippen molar-refractivity contribution in [3.05, 3.63) is 66.1 Å². The highest BCUT2D eigenvalue weighted by atomic mass is 19.1. The minimum absolute atomic E-state index is 0.284. The summed E-state index contributed by atoms with van der Waals surface area (Å²) < 4.78 is 21.3. The third-order valence-corrected chi connectivity index (χ3v) is 5.66. The van der Waals surface area contributed by atoms with Gasteiger partial charge in [0, 0.05) is 36.5 Å². The third-order valence-electron chi connectivity index (χ3n) is 5.66. The van der Waals surface area contributed by atoms with Gasteiger partial charge in [0.15, 0.2) is 0 Å². The maximum absolute atomic E-state index is 14.4. The number of rotatable bonds is 6. The van der Waals surface area contributed by atoms with E-state index >= 15 is 0 Å². The van der Waals surface area contributed by atoms with E-state index in [4.69, 9.17) is 9.84 Å². The number of likely N-dealkylation sites (N-methyl/N-ethyl adjacent to an activating group) is 2. The summed E-state index contributed by atoms with van der Waals surface area (Å²) in [5, 5.41) is 4.76. The number of methoxy groups -OCH3 is 1. The summed E-state index contributed by atoms with van der Waals surface area (Å²) in [6, 6.07) is 15.1. The van der Waals surface area contributed by atoms with Gasteiger partial charge in [-0.2, -0.15) is 5.10 Å². The molecule has 0 amide bonds. The number of benzene rings is 2. The molecule has 5 nitrogen and oxygen atoms in total. The lowest BCUT2D eigenvalue weighted by Crippen LogP contribution is -2.33. The van der Waals surface area contributed by atoms with Crippen molar-refractivity contribution in [1.29, 1.82) is 0 Å². The van der Waals surface area contributed by atoms with Crippen LogP contribution in [0.25, 0.3) is 16.9 Å². The van der Waals surface area contributed by atoms with Crippen molar-refractivity contribution in [2.75, 3.05) is 34.3 Å². The van der Waals surface area contributed by atoms with Gasteiger partial charge in [-0.25, -0.2) is 9.07 Å². The number of aromatic nitrogens is 2. The summed E-state index contributed by atoms with van der Waals surface area (Å²) in [5.74, 6) is 0.517. The minimum atomic E-state index is -0.284. The van der Waals surface area contributed by atoms with Gasteiger partial charge in [-0.3, -0.25) is 4.90 Å². The second kappa shape index (κ2) is 8.35. The van der Waals surface area contributed by atoms with E-state index in [1.165, 1.54) is 6.07 Å². The molecule has 29 heavy (non-hydrogen) atoms. The zero-order valence-corrected chi connectivity index (χ0v) is 17.2. The highest BCUT2D eigenvalue weighted by Crippen LogP contribution is 2.28. The first kappa shape index (κ1) is 19.6. The molecule has 152 valence electrons. The molecule has 1 aliphatic heterocycles. The Kier molecular flexibility index (Phi) is 5.65. The Hall–Kier alpha value is -2.70. The van der Waals surface area contributed by atoms with Crippen LogP contribution in [0.3, 0.4) is 0 Å². The van der Waals surface area contributed by atoms with E-state index < -0.39 is 0 Å². The fraction of sp³-hybridized carbons (Fsp3) is 0.348. The largest absolute Gasteiger partial charge is 0.497 e. The van der Waals surface area contributed by atoms with Crippen LogP contribution < -0.4 is 4.74 Å². The molecule has 1 fully saturated rings. The second-order valence-electron chi connectivity index (χ2n) is 7.75. The number of ether oxygens (including phenoxy) is 1. The Bertz CT molecular complexity index is 969. The predicted molar refractivity (Wildman–Crippen MR) is 113 cm³/mol. The molecule has 2 aromatic carbocycles. The van der Waals surface area contributed by atoms with Crippen LogP contribution in [0.15, 0.2) is 54.7 Å². The molecule has 4 rings (SSSR count). The second-order valence-corrected chi connectivity index (χ2v) is 7.75. The van der Waals surface area contributed by atoms with Crippen molar-refractivity contribution in [2.24, 2.45) is 0 Å². The van der Waals surface area contributed by atoms with Gasteiger partial charge in [-0.1, -0.05) is 12.1 Å². The first-order chi connectivity index (χ1) is 14.0. The maximum atomic E-state index is 14.4. The average Bonchev–Trinajstić information content (AvgIpc) is 3.35. The van der Waals surface area contributed by atoms with Gasteiger partial charge < -0.3 is 9.64 Å². The molecule has 0 radical (unpaired) electrons. The van der Waals surface area contributed by atoms with E-state index in [0.29, 0.717) is 11.7 Å². The number of para-hydroxylation sites is 1. The van der Waals surface area contributed by atoms with Crippen molar-refractivity contribution < 1.29 is 9.13 Å². The summed E-state index contributed by atoms with van der Waals surface area (Å²) >= 11 is 0. The molecule has 0 aliphatic carbocycles. The van der Waals surface area contributed by atoms with Crippen molar-refractivity contribution in [2.45, 2.75) is 19.0 Å². The number of likely N-dealkylation sites (tertiary alicyclic amines) is 1. The van der Waals surface area contributed by atoms with Gasteiger partial charge in [0.25, 0.3) is 0 Å². The maximum Gasteiger partial charge on any atom is 0.148 e. The van der Waals surface area contributed by atoms with E-state index in [1.54, 1.807) is 23.9 Å². The number of halogens is 1. The first-order valence-corrected chi connectivity index (χ1v) is 9.92. The molecule has 1 saturated heterocycles. The van der Waals surface area contributed by atoms with Crippen molar-refractivity contribution >= 4 is 0 Å². The zero-order chi connectivity index (χ0) is 20.4. The van der Waals surface area contributed by atoms with Crippen LogP contribution in [0.5, 0.6) is 5.75 Å². The van der Waals surface area contributed by atoms with Crippen LogP contribution in [-0.4, -0.2) is 59.9 Å². The molecule has 0 saturated carbocycles. The molecule has 3 aromatic rings. The number of hydrogen-bond acceptors (Lipinski definition) is 4. The van der Waals surface area contributed by atoms with Gasteiger partial charge in [0.1, 0.15) is 17.3 Å². The minimum Gasteiger partial charge on any atom is -0.497 e. The topological polar surface area (TPSA) is 33.5 Å². The molecule has 1 aromatic heterocycles. The van der Waals surface area contributed by atoms with Crippen LogP contribution in [0.1, 0.15) is 12.0 Å². The van der Waals surface area contributed by atoms with Gasteiger partial charge in [-0.05, 0) is 63.5 Å². The van der Waals surface area contributed by atoms with Crippen LogP contribution in [0, 0.1) is 5.82 Å². The van der Waals surface area contributed by atoms with Crippen LogP contribution in [0.4, 0.5) is 4.39 Å². The van der Waals surface area contributed by atoms with Gasteiger partial charge in [0.05, 0.1) is 12.8 Å². The molecule has 1 atom stereocenters. The van der Waals surface area contributed by atoms with Crippen LogP contribution >= 0.6 is 0 Å². The van der Waals surface area contributed by atoms with E-state index in [1.807, 2.05) is 36.5 Å². The Morgan fingerprint density at radius 2 is 1.93 bits per heavy atom. The Balaban J connectivity index is 1.70. The summed E-state index contributed by atoms with van der Waals surface area (Å²) in [5.41, 5.74) is 3.40. The fourth-order valence-corrected chi connectivity index (χ4v) is 3.95. The van der Waals surface area contributed by atoms with Crippen LogP contribution in [-0.2, 0) is 6.54 Å². The van der Waals surface area contributed by atoms with Crippen molar-refractivity contribution in [3.8, 4) is 22.7 Å². The number of nitrogens with zero attached hydrogens (tertiary/aromatic N) is 4. The predicted octanol–water partition coefficient (Wildman–Crippen LogP) is 3.82. The number of hydrogen-bond donors (Lipinski definition) is 0. The van der Waals surface area contributed by atoms with Crippen LogP contribution in [0.2, 0.25) is 0 Å². The molecular weight excluding hydrogens is 367 g/mol.